The molecular weight excluding hydrogens is 277 g/mol. The van der Waals surface area contributed by atoms with Crippen LogP contribution in [0.1, 0.15) is 18.5 Å². The first-order valence-electron chi connectivity index (χ1n) is 5.74. The van der Waals surface area contributed by atoms with Gasteiger partial charge in [0.25, 0.3) is 0 Å². The second kappa shape index (κ2) is 5.48. The van der Waals surface area contributed by atoms with Crippen molar-refractivity contribution >= 4 is 5.69 Å². The third-order valence-corrected chi connectivity index (χ3v) is 2.80. The Morgan fingerprint density at radius 3 is 2.00 bits per heavy atom. The molecule has 0 bridgehead atoms. The Bertz CT molecular complexity index is 618. The molecule has 1 unspecified atom stereocenters. The molecule has 0 aromatic heterocycles. The molecule has 0 saturated heterocycles. The fourth-order valence-electron chi connectivity index (χ4n) is 1.82. The molecule has 1 N–H and O–H groups in total. The van der Waals surface area contributed by atoms with E-state index in [2.05, 4.69) is 5.32 Å². The van der Waals surface area contributed by atoms with Crippen LogP contribution in [0.25, 0.3) is 0 Å². The lowest BCUT2D eigenvalue weighted by Gasteiger charge is -2.16. The molecule has 0 heterocycles. The second-order valence-electron chi connectivity index (χ2n) is 4.29. The minimum absolute atomic E-state index is 0.0439. The summed E-state index contributed by atoms with van der Waals surface area (Å²) in [7, 11) is 0. The highest BCUT2D eigenvalue weighted by Crippen LogP contribution is 2.24. The topological polar surface area (TPSA) is 12.0 Å². The second-order valence-corrected chi connectivity index (χ2v) is 4.29. The zero-order valence-electron chi connectivity index (χ0n) is 10.4. The highest BCUT2D eigenvalue weighted by atomic mass is 19.2. The number of hydrogen-bond donors (Lipinski definition) is 1. The van der Waals surface area contributed by atoms with Crippen LogP contribution in [0, 0.1) is 29.1 Å². The van der Waals surface area contributed by atoms with Gasteiger partial charge in [-0.25, -0.2) is 22.0 Å². The number of hydrogen-bond acceptors (Lipinski definition) is 1. The summed E-state index contributed by atoms with van der Waals surface area (Å²) < 4.78 is 65.2. The molecule has 6 heteroatoms. The van der Waals surface area contributed by atoms with Crippen LogP contribution in [0.3, 0.4) is 0 Å². The molecule has 0 aliphatic heterocycles. The van der Waals surface area contributed by atoms with Gasteiger partial charge in [-0.05, 0) is 13.0 Å². The zero-order chi connectivity index (χ0) is 14.9. The molecular formula is C14H10F5N. The summed E-state index contributed by atoms with van der Waals surface area (Å²) in [5, 5.41) is 2.62. The Morgan fingerprint density at radius 1 is 0.850 bits per heavy atom. The van der Waals surface area contributed by atoms with Crippen molar-refractivity contribution in [2.45, 2.75) is 13.0 Å². The van der Waals surface area contributed by atoms with Gasteiger partial charge in [0.05, 0.1) is 6.04 Å². The molecule has 2 aromatic rings. The predicted octanol–water partition coefficient (Wildman–Crippen LogP) is 4.56. The summed E-state index contributed by atoms with van der Waals surface area (Å²) in [6, 6.07) is 3.84. The van der Waals surface area contributed by atoms with Crippen molar-refractivity contribution in [2.75, 3.05) is 5.32 Å². The molecule has 0 spiro atoms. The van der Waals surface area contributed by atoms with Crippen LogP contribution in [-0.4, -0.2) is 0 Å². The van der Waals surface area contributed by atoms with Gasteiger partial charge in [-0.3, -0.25) is 0 Å². The Hall–Kier alpha value is -2.11. The molecule has 0 amide bonds. The van der Waals surface area contributed by atoms with Gasteiger partial charge in [0, 0.05) is 29.4 Å². The fourth-order valence-corrected chi connectivity index (χ4v) is 1.82. The van der Waals surface area contributed by atoms with Crippen molar-refractivity contribution in [1.29, 1.82) is 0 Å². The summed E-state index contributed by atoms with van der Waals surface area (Å²) in [4.78, 5) is 0. The van der Waals surface area contributed by atoms with Gasteiger partial charge in [-0.15, -0.1) is 0 Å². The minimum atomic E-state index is -1.57. The van der Waals surface area contributed by atoms with Crippen molar-refractivity contribution in [1.82, 2.24) is 0 Å². The van der Waals surface area contributed by atoms with E-state index in [9.17, 15) is 22.0 Å². The lowest BCUT2D eigenvalue weighted by molar-refractivity contribution is 0.447. The molecule has 0 saturated carbocycles. The van der Waals surface area contributed by atoms with Crippen LogP contribution in [-0.2, 0) is 0 Å². The summed E-state index contributed by atoms with van der Waals surface area (Å²) >= 11 is 0. The summed E-state index contributed by atoms with van der Waals surface area (Å²) in [6.45, 7) is 1.52. The van der Waals surface area contributed by atoms with E-state index in [4.69, 9.17) is 0 Å². The molecule has 2 aromatic carbocycles. The van der Waals surface area contributed by atoms with Crippen molar-refractivity contribution in [3.8, 4) is 0 Å². The van der Waals surface area contributed by atoms with Gasteiger partial charge < -0.3 is 5.32 Å². The van der Waals surface area contributed by atoms with Gasteiger partial charge in [0.15, 0.2) is 17.5 Å². The molecule has 0 radical (unpaired) electrons. The predicted molar refractivity (Wildman–Crippen MR) is 64.7 cm³/mol. The van der Waals surface area contributed by atoms with E-state index in [0.717, 1.165) is 18.2 Å². The van der Waals surface area contributed by atoms with E-state index in [1.807, 2.05) is 0 Å². The average molecular weight is 287 g/mol. The van der Waals surface area contributed by atoms with E-state index >= 15 is 0 Å². The highest BCUT2D eigenvalue weighted by molar-refractivity contribution is 5.46. The van der Waals surface area contributed by atoms with Crippen LogP contribution in [0.2, 0.25) is 0 Å². The number of nitrogens with one attached hydrogen (secondary N) is 1. The summed E-state index contributed by atoms with van der Waals surface area (Å²) in [5.74, 6) is -5.78. The monoisotopic (exact) mass is 287 g/mol. The van der Waals surface area contributed by atoms with Crippen molar-refractivity contribution < 1.29 is 22.0 Å². The molecule has 106 valence electrons. The van der Waals surface area contributed by atoms with Crippen LogP contribution in [0.15, 0.2) is 30.3 Å². The number of benzene rings is 2. The molecule has 1 nitrogen and oxygen atoms in total. The maximum Gasteiger partial charge on any atom is 0.194 e. The third kappa shape index (κ3) is 2.89. The van der Waals surface area contributed by atoms with Crippen molar-refractivity contribution in [3.05, 3.63) is 65.0 Å². The molecule has 20 heavy (non-hydrogen) atoms. The lowest BCUT2D eigenvalue weighted by atomic mass is 10.1. The average Bonchev–Trinajstić information content (AvgIpc) is 2.35. The van der Waals surface area contributed by atoms with E-state index in [0.29, 0.717) is 6.07 Å². The molecule has 0 fully saturated rings. The van der Waals surface area contributed by atoms with Crippen LogP contribution >= 0.6 is 0 Å². The zero-order valence-corrected chi connectivity index (χ0v) is 10.4. The quantitative estimate of drug-likeness (QED) is 0.645. The summed E-state index contributed by atoms with van der Waals surface area (Å²) in [6.07, 6.45) is 0. The molecule has 0 aliphatic rings. The number of rotatable bonds is 3. The van der Waals surface area contributed by atoms with E-state index in [1.54, 1.807) is 0 Å². The van der Waals surface area contributed by atoms with E-state index in [1.165, 1.54) is 13.0 Å². The molecule has 2 rings (SSSR count). The molecule has 0 aliphatic carbocycles. The number of anilines is 1. The minimum Gasteiger partial charge on any atom is -0.378 e. The van der Waals surface area contributed by atoms with Crippen LogP contribution < -0.4 is 5.32 Å². The van der Waals surface area contributed by atoms with Gasteiger partial charge in [-0.1, -0.05) is 6.07 Å². The van der Waals surface area contributed by atoms with Gasteiger partial charge in [-0.2, -0.15) is 0 Å². The third-order valence-electron chi connectivity index (χ3n) is 2.80. The maximum atomic E-state index is 13.5. The van der Waals surface area contributed by atoms with Crippen LogP contribution in [0.4, 0.5) is 27.6 Å². The largest absolute Gasteiger partial charge is 0.378 e. The van der Waals surface area contributed by atoms with Gasteiger partial charge in [0.1, 0.15) is 11.6 Å². The Kier molecular flexibility index (Phi) is 3.92. The maximum absolute atomic E-state index is 13.5. The Balaban J connectivity index is 2.25. The van der Waals surface area contributed by atoms with Gasteiger partial charge >= 0.3 is 0 Å². The number of halogens is 5. The Labute approximate surface area is 112 Å². The van der Waals surface area contributed by atoms with Crippen molar-refractivity contribution in [2.24, 2.45) is 0 Å². The Morgan fingerprint density at radius 2 is 1.45 bits per heavy atom. The first-order chi connectivity index (χ1) is 9.38. The van der Waals surface area contributed by atoms with E-state index in [-0.39, 0.29) is 11.3 Å². The van der Waals surface area contributed by atoms with E-state index < -0.39 is 35.1 Å². The standard InChI is InChI=1S/C14H10F5N/c1-7(10-3-2-8(15)4-11(10)16)20-9-5-12(17)14(19)13(18)6-9/h2-7,20H,1H3. The SMILES string of the molecule is CC(Nc1cc(F)c(F)c(F)c1)c1ccc(F)cc1F. The first kappa shape index (κ1) is 14.3. The highest BCUT2D eigenvalue weighted by Gasteiger charge is 2.15. The van der Waals surface area contributed by atoms with Gasteiger partial charge in [0.2, 0.25) is 0 Å². The fraction of sp³-hybridized carbons (Fsp3) is 0.143. The van der Waals surface area contributed by atoms with Crippen LogP contribution in [0.5, 0.6) is 0 Å². The normalized spacial score (nSPS) is 12.3. The first-order valence-corrected chi connectivity index (χ1v) is 5.74. The lowest BCUT2D eigenvalue weighted by Crippen LogP contribution is -2.09. The van der Waals surface area contributed by atoms with Crippen molar-refractivity contribution in [3.63, 3.8) is 0 Å². The summed E-state index contributed by atoms with van der Waals surface area (Å²) in [5.41, 5.74) is 0.0779. The smallest absolute Gasteiger partial charge is 0.194 e. The molecule has 1 atom stereocenters.